The van der Waals surface area contributed by atoms with E-state index < -0.39 is 0 Å². The van der Waals surface area contributed by atoms with E-state index in [1.807, 2.05) is 0 Å². The topological polar surface area (TPSA) is 51.8 Å². The summed E-state index contributed by atoms with van der Waals surface area (Å²) in [5.74, 6) is 1.34. The molecule has 2 rings (SSSR count). The predicted octanol–water partition coefficient (Wildman–Crippen LogP) is 2.65. The molecule has 80 valence electrons. The molecule has 15 heavy (non-hydrogen) atoms. The number of rotatable bonds is 1. The van der Waals surface area contributed by atoms with Crippen molar-refractivity contribution in [3.63, 3.8) is 0 Å². The molecule has 0 unspecified atom stereocenters. The summed E-state index contributed by atoms with van der Waals surface area (Å²) in [6.45, 7) is 4.58. The molecule has 0 atom stereocenters. The van der Waals surface area contributed by atoms with Gasteiger partial charge in [-0.15, -0.1) is 0 Å². The standard InChI is InChI=1S/C12H17N3/c1-12(2)6-3-9(4-7-12)11-14-8-5-10(13)15-11/h3,5,8H,4,6-7H2,1-2H3,(H2,13,14,15). The Kier molecular flexibility index (Phi) is 2.47. The molecule has 0 aromatic carbocycles. The third-order valence-corrected chi connectivity index (χ3v) is 2.94. The Balaban J connectivity index is 2.23. The zero-order valence-electron chi connectivity index (χ0n) is 9.33. The van der Waals surface area contributed by atoms with Crippen molar-refractivity contribution >= 4 is 11.4 Å². The van der Waals surface area contributed by atoms with Gasteiger partial charge in [0.2, 0.25) is 0 Å². The van der Waals surface area contributed by atoms with Crippen LogP contribution in [0, 0.1) is 5.41 Å². The molecule has 0 bridgehead atoms. The fraction of sp³-hybridized carbons (Fsp3) is 0.500. The second-order valence-electron chi connectivity index (χ2n) is 4.90. The Bertz CT molecular complexity index is 394. The van der Waals surface area contributed by atoms with Crippen LogP contribution in [-0.4, -0.2) is 9.97 Å². The number of nitrogens with zero attached hydrogens (tertiary/aromatic N) is 2. The highest BCUT2D eigenvalue weighted by Crippen LogP contribution is 2.36. The summed E-state index contributed by atoms with van der Waals surface area (Å²) in [5, 5.41) is 0. The van der Waals surface area contributed by atoms with Crippen LogP contribution in [-0.2, 0) is 0 Å². The van der Waals surface area contributed by atoms with Gasteiger partial charge in [0.15, 0.2) is 5.82 Å². The average Bonchev–Trinajstić information content (AvgIpc) is 2.17. The average molecular weight is 203 g/mol. The van der Waals surface area contributed by atoms with E-state index >= 15 is 0 Å². The van der Waals surface area contributed by atoms with Crippen molar-refractivity contribution in [2.45, 2.75) is 33.1 Å². The van der Waals surface area contributed by atoms with Crippen LogP contribution in [0.15, 0.2) is 18.3 Å². The van der Waals surface area contributed by atoms with Crippen molar-refractivity contribution in [2.75, 3.05) is 5.73 Å². The van der Waals surface area contributed by atoms with Crippen molar-refractivity contribution in [3.05, 3.63) is 24.2 Å². The molecule has 0 saturated heterocycles. The van der Waals surface area contributed by atoms with Gasteiger partial charge in [-0.25, -0.2) is 9.97 Å². The van der Waals surface area contributed by atoms with Gasteiger partial charge in [0, 0.05) is 6.20 Å². The predicted molar refractivity (Wildman–Crippen MR) is 62.1 cm³/mol. The Morgan fingerprint density at radius 2 is 2.20 bits per heavy atom. The third-order valence-electron chi connectivity index (χ3n) is 2.94. The summed E-state index contributed by atoms with van der Waals surface area (Å²) in [6, 6.07) is 1.72. The van der Waals surface area contributed by atoms with Crippen LogP contribution in [0.25, 0.3) is 5.57 Å². The molecule has 0 aliphatic heterocycles. The van der Waals surface area contributed by atoms with Crippen LogP contribution in [0.4, 0.5) is 5.82 Å². The maximum Gasteiger partial charge on any atom is 0.157 e. The van der Waals surface area contributed by atoms with E-state index in [1.54, 1.807) is 12.3 Å². The minimum atomic E-state index is 0.420. The minimum absolute atomic E-state index is 0.420. The Morgan fingerprint density at radius 3 is 2.80 bits per heavy atom. The molecule has 3 nitrogen and oxygen atoms in total. The number of hydrogen-bond acceptors (Lipinski definition) is 3. The molecule has 0 radical (unpaired) electrons. The highest BCUT2D eigenvalue weighted by atomic mass is 14.9. The Morgan fingerprint density at radius 1 is 1.40 bits per heavy atom. The van der Waals surface area contributed by atoms with E-state index in [9.17, 15) is 0 Å². The summed E-state index contributed by atoms with van der Waals surface area (Å²) in [4.78, 5) is 8.49. The van der Waals surface area contributed by atoms with Crippen molar-refractivity contribution in [3.8, 4) is 0 Å². The normalized spacial score (nSPS) is 19.7. The maximum absolute atomic E-state index is 5.64. The lowest BCUT2D eigenvalue weighted by Crippen LogP contribution is -2.14. The van der Waals surface area contributed by atoms with Crippen LogP contribution >= 0.6 is 0 Å². The largest absolute Gasteiger partial charge is 0.384 e. The third kappa shape index (κ3) is 2.35. The van der Waals surface area contributed by atoms with Gasteiger partial charge in [-0.2, -0.15) is 0 Å². The van der Waals surface area contributed by atoms with E-state index in [-0.39, 0.29) is 0 Å². The maximum atomic E-state index is 5.64. The van der Waals surface area contributed by atoms with E-state index in [1.165, 1.54) is 12.0 Å². The molecule has 1 heterocycles. The molecular weight excluding hydrogens is 186 g/mol. The minimum Gasteiger partial charge on any atom is -0.384 e. The van der Waals surface area contributed by atoms with Crippen molar-refractivity contribution in [1.29, 1.82) is 0 Å². The van der Waals surface area contributed by atoms with Crippen LogP contribution in [0.5, 0.6) is 0 Å². The molecule has 0 amide bonds. The van der Waals surface area contributed by atoms with E-state index in [4.69, 9.17) is 5.73 Å². The van der Waals surface area contributed by atoms with E-state index in [0.717, 1.165) is 18.7 Å². The lowest BCUT2D eigenvalue weighted by atomic mass is 9.78. The molecule has 1 aliphatic rings. The molecule has 1 aromatic rings. The zero-order chi connectivity index (χ0) is 10.9. The molecule has 1 aromatic heterocycles. The molecule has 2 N–H and O–H groups in total. The van der Waals surface area contributed by atoms with Gasteiger partial charge in [0.1, 0.15) is 5.82 Å². The highest BCUT2D eigenvalue weighted by molar-refractivity contribution is 5.61. The first kappa shape index (κ1) is 10.1. The first-order chi connectivity index (χ1) is 7.07. The Hall–Kier alpha value is -1.38. The smallest absolute Gasteiger partial charge is 0.157 e. The number of allylic oxidation sites excluding steroid dienone is 2. The Labute approximate surface area is 90.4 Å². The van der Waals surface area contributed by atoms with Crippen molar-refractivity contribution in [2.24, 2.45) is 5.41 Å². The lowest BCUT2D eigenvalue weighted by Gasteiger charge is -2.28. The first-order valence-corrected chi connectivity index (χ1v) is 5.35. The number of hydrogen-bond donors (Lipinski definition) is 1. The number of nitrogens with two attached hydrogens (primary N) is 1. The van der Waals surface area contributed by atoms with Crippen LogP contribution in [0.1, 0.15) is 38.9 Å². The monoisotopic (exact) mass is 203 g/mol. The second kappa shape index (κ2) is 3.65. The van der Waals surface area contributed by atoms with Crippen molar-refractivity contribution < 1.29 is 0 Å². The van der Waals surface area contributed by atoms with Gasteiger partial charge in [-0.3, -0.25) is 0 Å². The van der Waals surface area contributed by atoms with E-state index in [0.29, 0.717) is 11.2 Å². The number of nitrogen functional groups attached to an aromatic ring is 1. The fourth-order valence-electron chi connectivity index (χ4n) is 1.81. The van der Waals surface area contributed by atoms with Gasteiger partial charge >= 0.3 is 0 Å². The van der Waals surface area contributed by atoms with Gasteiger partial charge < -0.3 is 5.73 Å². The highest BCUT2D eigenvalue weighted by Gasteiger charge is 2.22. The van der Waals surface area contributed by atoms with Gasteiger partial charge in [0.05, 0.1) is 0 Å². The second-order valence-corrected chi connectivity index (χ2v) is 4.90. The zero-order valence-corrected chi connectivity index (χ0v) is 9.33. The molecule has 3 heteroatoms. The number of aromatic nitrogens is 2. The number of anilines is 1. The molecule has 0 saturated carbocycles. The van der Waals surface area contributed by atoms with Crippen LogP contribution in [0.2, 0.25) is 0 Å². The van der Waals surface area contributed by atoms with Crippen LogP contribution in [0.3, 0.4) is 0 Å². The summed E-state index contributed by atoms with van der Waals surface area (Å²) in [5.41, 5.74) is 7.30. The van der Waals surface area contributed by atoms with Gasteiger partial charge in [-0.05, 0) is 36.3 Å². The quantitative estimate of drug-likeness (QED) is 0.763. The summed E-state index contributed by atoms with van der Waals surface area (Å²) in [7, 11) is 0. The van der Waals surface area contributed by atoms with Crippen LogP contribution < -0.4 is 5.73 Å². The molecule has 0 fully saturated rings. The van der Waals surface area contributed by atoms with E-state index in [2.05, 4.69) is 29.9 Å². The summed E-state index contributed by atoms with van der Waals surface area (Å²) < 4.78 is 0. The lowest BCUT2D eigenvalue weighted by molar-refractivity contribution is 0.334. The molecular formula is C12H17N3. The van der Waals surface area contributed by atoms with Gasteiger partial charge in [0.25, 0.3) is 0 Å². The summed E-state index contributed by atoms with van der Waals surface area (Å²) >= 11 is 0. The van der Waals surface area contributed by atoms with Gasteiger partial charge in [-0.1, -0.05) is 19.9 Å². The first-order valence-electron chi connectivity index (χ1n) is 5.35. The molecule has 1 aliphatic carbocycles. The SMILES string of the molecule is CC1(C)CC=C(c2nccc(N)n2)CC1. The summed E-state index contributed by atoms with van der Waals surface area (Å²) in [6.07, 6.45) is 7.31. The molecule has 0 spiro atoms. The fourth-order valence-corrected chi connectivity index (χ4v) is 1.81. The van der Waals surface area contributed by atoms with Crippen molar-refractivity contribution in [1.82, 2.24) is 9.97 Å².